The predicted octanol–water partition coefficient (Wildman–Crippen LogP) is 3.30. The molecule has 3 rings (SSSR count). The number of hydrogen-bond donors (Lipinski definition) is 3. The monoisotopic (exact) mass is 454 g/mol. The van der Waals surface area contributed by atoms with E-state index in [9.17, 15) is 19.5 Å². The number of carbonyl (C=O) groups excluding carboxylic acids is 2. The van der Waals surface area contributed by atoms with Crippen molar-refractivity contribution in [3.63, 3.8) is 0 Å². The van der Waals surface area contributed by atoms with Gasteiger partial charge in [0.15, 0.2) is 5.54 Å². The number of fused-ring (bicyclic) bond motifs is 3. The van der Waals surface area contributed by atoms with Crippen molar-refractivity contribution in [1.82, 2.24) is 10.6 Å². The number of hydrogen-bond acceptors (Lipinski definition) is 5. The van der Waals surface area contributed by atoms with Gasteiger partial charge in [0.25, 0.3) is 0 Å². The molecule has 0 bridgehead atoms. The second kappa shape index (κ2) is 10.5. The van der Waals surface area contributed by atoms with Crippen LogP contribution in [0.4, 0.5) is 4.79 Å². The number of amides is 2. The first-order chi connectivity index (χ1) is 15.8. The van der Waals surface area contributed by atoms with Crippen LogP contribution in [0.1, 0.15) is 43.7 Å². The van der Waals surface area contributed by atoms with Gasteiger partial charge in [-0.15, -0.1) is 0 Å². The van der Waals surface area contributed by atoms with Crippen LogP contribution in [0.3, 0.4) is 0 Å². The largest absolute Gasteiger partial charge is 0.479 e. The quantitative estimate of drug-likeness (QED) is 0.508. The molecular formula is C25H30N2O6. The van der Waals surface area contributed by atoms with E-state index in [1.54, 1.807) is 0 Å². The third-order valence-corrected chi connectivity index (χ3v) is 5.91. The zero-order valence-electron chi connectivity index (χ0n) is 19.1. The van der Waals surface area contributed by atoms with Crippen LogP contribution in [0.2, 0.25) is 0 Å². The van der Waals surface area contributed by atoms with Gasteiger partial charge in [-0.1, -0.05) is 55.5 Å². The highest BCUT2D eigenvalue weighted by molar-refractivity contribution is 5.87. The van der Waals surface area contributed by atoms with Gasteiger partial charge in [0.05, 0.1) is 6.61 Å². The van der Waals surface area contributed by atoms with Crippen molar-refractivity contribution in [2.45, 2.75) is 44.2 Å². The Kier molecular flexibility index (Phi) is 7.71. The predicted molar refractivity (Wildman–Crippen MR) is 123 cm³/mol. The lowest BCUT2D eigenvalue weighted by Gasteiger charge is -2.26. The van der Waals surface area contributed by atoms with Crippen LogP contribution in [0, 0.1) is 0 Å². The van der Waals surface area contributed by atoms with Crippen LogP contribution >= 0.6 is 0 Å². The van der Waals surface area contributed by atoms with E-state index in [4.69, 9.17) is 9.47 Å². The van der Waals surface area contributed by atoms with Crippen molar-refractivity contribution in [1.29, 1.82) is 0 Å². The number of methoxy groups -OCH3 is 1. The van der Waals surface area contributed by atoms with Crippen molar-refractivity contribution in [3.8, 4) is 11.1 Å². The number of aliphatic carboxylic acids is 1. The Bertz CT molecular complexity index is 978. The van der Waals surface area contributed by atoms with Gasteiger partial charge in [-0.3, -0.25) is 4.79 Å². The Morgan fingerprint density at radius 3 is 2.15 bits per heavy atom. The number of carboxylic acids is 1. The summed E-state index contributed by atoms with van der Waals surface area (Å²) >= 11 is 0. The van der Waals surface area contributed by atoms with E-state index in [0.717, 1.165) is 22.3 Å². The first-order valence-electron chi connectivity index (χ1n) is 10.9. The molecule has 8 heteroatoms. The summed E-state index contributed by atoms with van der Waals surface area (Å²) in [6.45, 7) is 3.20. The van der Waals surface area contributed by atoms with Crippen LogP contribution in [0.5, 0.6) is 0 Å². The molecular weight excluding hydrogens is 424 g/mol. The SMILES string of the molecule is CC[C@H](CC(=O)NC(C)(COC)C(=O)O)NC(=O)OCC1c2ccccc2-c2ccccc21. The molecule has 0 aromatic heterocycles. The minimum absolute atomic E-state index is 0.0585. The molecule has 2 aromatic carbocycles. The summed E-state index contributed by atoms with van der Waals surface area (Å²) in [5.41, 5.74) is 2.96. The molecule has 176 valence electrons. The average Bonchev–Trinajstić information content (AvgIpc) is 3.11. The topological polar surface area (TPSA) is 114 Å². The molecule has 0 spiro atoms. The van der Waals surface area contributed by atoms with Gasteiger partial charge in [-0.2, -0.15) is 0 Å². The summed E-state index contributed by atoms with van der Waals surface area (Å²) in [7, 11) is 1.36. The summed E-state index contributed by atoms with van der Waals surface area (Å²) in [6.07, 6.45) is -0.215. The number of carboxylic acid groups (broad SMARTS) is 1. The summed E-state index contributed by atoms with van der Waals surface area (Å²) < 4.78 is 10.4. The lowest BCUT2D eigenvalue weighted by atomic mass is 9.98. The maximum atomic E-state index is 12.5. The van der Waals surface area contributed by atoms with Crippen LogP contribution < -0.4 is 10.6 Å². The third-order valence-electron chi connectivity index (χ3n) is 5.91. The molecule has 0 fully saturated rings. The molecule has 1 aliphatic carbocycles. The first kappa shape index (κ1) is 24.3. The second-order valence-corrected chi connectivity index (χ2v) is 8.40. The number of ether oxygens (including phenoxy) is 2. The number of rotatable bonds is 10. The fourth-order valence-electron chi connectivity index (χ4n) is 4.13. The Hall–Kier alpha value is -3.39. The molecule has 0 saturated heterocycles. The number of nitrogens with one attached hydrogen (secondary N) is 2. The molecule has 3 N–H and O–H groups in total. The Morgan fingerprint density at radius 2 is 1.64 bits per heavy atom. The van der Waals surface area contributed by atoms with Gasteiger partial charge in [0, 0.05) is 25.5 Å². The molecule has 0 heterocycles. The van der Waals surface area contributed by atoms with Gasteiger partial charge in [0.1, 0.15) is 6.61 Å². The smallest absolute Gasteiger partial charge is 0.407 e. The van der Waals surface area contributed by atoms with E-state index in [0.29, 0.717) is 6.42 Å². The Morgan fingerprint density at radius 1 is 1.06 bits per heavy atom. The number of alkyl carbamates (subject to hydrolysis) is 1. The molecule has 2 amide bonds. The van der Waals surface area contributed by atoms with Gasteiger partial charge in [-0.25, -0.2) is 9.59 Å². The third kappa shape index (κ3) is 5.51. The van der Waals surface area contributed by atoms with E-state index >= 15 is 0 Å². The van der Waals surface area contributed by atoms with Crippen molar-refractivity contribution in [2.75, 3.05) is 20.3 Å². The molecule has 0 saturated carbocycles. The van der Waals surface area contributed by atoms with Crippen molar-refractivity contribution in [2.24, 2.45) is 0 Å². The molecule has 0 aliphatic heterocycles. The number of benzene rings is 2. The molecule has 8 nitrogen and oxygen atoms in total. The standard InChI is InChI=1S/C25H30N2O6/c1-4-16(13-22(28)27-25(2,15-32-3)23(29)30)26-24(31)33-14-21-19-11-7-5-9-17(19)18-10-6-8-12-20(18)21/h5-12,16,21H,4,13-15H2,1-3H3,(H,26,31)(H,27,28)(H,29,30)/t16-,25?/m1/s1. The fourth-order valence-corrected chi connectivity index (χ4v) is 4.13. The van der Waals surface area contributed by atoms with Crippen LogP contribution in [-0.2, 0) is 19.1 Å². The molecule has 2 atom stereocenters. The highest BCUT2D eigenvalue weighted by Crippen LogP contribution is 2.44. The van der Waals surface area contributed by atoms with Gasteiger partial charge >= 0.3 is 12.1 Å². The maximum Gasteiger partial charge on any atom is 0.407 e. The summed E-state index contributed by atoms with van der Waals surface area (Å²) in [4.78, 5) is 36.4. The van der Waals surface area contributed by atoms with Gasteiger partial charge in [-0.05, 0) is 35.6 Å². The zero-order valence-corrected chi connectivity index (χ0v) is 19.1. The normalized spacial score (nSPS) is 15.0. The first-order valence-corrected chi connectivity index (χ1v) is 10.9. The summed E-state index contributed by atoms with van der Waals surface area (Å²) in [5, 5.41) is 14.6. The zero-order chi connectivity index (χ0) is 24.0. The van der Waals surface area contributed by atoms with E-state index in [2.05, 4.69) is 22.8 Å². The maximum absolute atomic E-state index is 12.5. The second-order valence-electron chi connectivity index (χ2n) is 8.40. The van der Waals surface area contributed by atoms with Crippen LogP contribution in [-0.4, -0.2) is 55.0 Å². The van der Waals surface area contributed by atoms with Crippen molar-refractivity contribution >= 4 is 18.0 Å². The molecule has 0 radical (unpaired) electrons. The van der Waals surface area contributed by atoms with E-state index < -0.39 is 29.6 Å². The highest BCUT2D eigenvalue weighted by atomic mass is 16.5. The highest BCUT2D eigenvalue weighted by Gasteiger charge is 2.35. The lowest BCUT2D eigenvalue weighted by Crippen LogP contribution is -2.56. The molecule has 1 aliphatic rings. The Labute approximate surface area is 193 Å². The van der Waals surface area contributed by atoms with E-state index in [1.165, 1.54) is 14.0 Å². The molecule has 33 heavy (non-hydrogen) atoms. The minimum Gasteiger partial charge on any atom is -0.479 e. The summed E-state index contributed by atoms with van der Waals surface area (Å²) in [6, 6.07) is 15.6. The fraction of sp³-hybridized carbons (Fsp3) is 0.400. The van der Waals surface area contributed by atoms with E-state index in [-0.39, 0.29) is 25.6 Å². The Balaban J connectivity index is 1.58. The average molecular weight is 455 g/mol. The van der Waals surface area contributed by atoms with Gasteiger partial charge in [0.2, 0.25) is 5.91 Å². The van der Waals surface area contributed by atoms with Crippen molar-refractivity contribution < 1.29 is 29.0 Å². The van der Waals surface area contributed by atoms with E-state index in [1.807, 2.05) is 43.3 Å². The van der Waals surface area contributed by atoms with Gasteiger partial charge < -0.3 is 25.2 Å². The molecule has 2 aromatic rings. The summed E-state index contributed by atoms with van der Waals surface area (Å²) in [5.74, 6) is -1.75. The lowest BCUT2D eigenvalue weighted by molar-refractivity contribution is -0.149. The van der Waals surface area contributed by atoms with Crippen LogP contribution in [0.25, 0.3) is 11.1 Å². The minimum atomic E-state index is -1.55. The molecule has 1 unspecified atom stereocenters. The van der Waals surface area contributed by atoms with Crippen LogP contribution in [0.15, 0.2) is 48.5 Å². The number of carbonyl (C=O) groups is 3. The van der Waals surface area contributed by atoms with Crippen molar-refractivity contribution in [3.05, 3.63) is 59.7 Å².